The number of aromatic nitrogens is 1. The molecule has 0 atom stereocenters. The van der Waals surface area contributed by atoms with E-state index in [4.69, 9.17) is 10.7 Å². The Kier molecular flexibility index (Phi) is 5.92. The number of piperidine rings is 1. The molecule has 2 aromatic rings. The first-order valence-corrected chi connectivity index (χ1v) is 10.2. The number of primary amides is 1. The van der Waals surface area contributed by atoms with Crippen LogP contribution in [0.25, 0.3) is 0 Å². The highest BCUT2D eigenvalue weighted by Crippen LogP contribution is 2.33. The lowest BCUT2D eigenvalue weighted by molar-refractivity contribution is -0.919. The number of benzene rings is 1. The van der Waals surface area contributed by atoms with Gasteiger partial charge in [0, 0.05) is 31.1 Å². The Bertz CT molecular complexity index is 820. The van der Waals surface area contributed by atoms with E-state index in [1.165, 1.54) is 16.2 Å². The highest BCUT2D eigenvalue weighted by atomic mass is 32.1. The van der Waals surface area contributed by atoms with Crippen molar-refractivity contribution in [2.75, 3.05) is 18.0 Å². The second kappa shape index (κ2) is 8.19. The maximum absolute atomic E-state index is 12.4. The van der Waals surface area contributed by atoms with Gasteiger partial charge >= 0.3 is 0 Å². The molecule has 1 aromatic carbocycles. The van der Waals surface area contributed by atoms with Gasteiger partial charge in [0.15, 0.2) is 5.13 Å². The summed E-state index contributed by atoms with van der Waals surface area (Å²) in [7, 11) is 0. The first kappa shape index (κ1) is 19.5. The van der Waals surface area contributed by atoms with E-state index in [0.29, 0.717) is 5.13 Å². The molecule has 3 rings (SSSR count). The van der Waals surface area contributed by atoms with Crippen LogP contribution in [0.4, 0.5) is 10.8 Å². The second-order valence-electron chi connectivity index (χ2n) is 7.32. The predicted molar refractivity (Wildman–Crippen MR) is 107 cm³/mol. The van der Waals surface area contributed by atoms with Crippen molar-refractivity contribution in [3.8, 4) is 0 Å². The fourth-order valence-electron chi connectivity index (χ4n) is 3.77. The Hall–Kier alpha value is -2.25. The van der Waals surface area contributed by atoms with E-state index in [0.717, 1.165) is 55.0 Å². The van der Waals surface area contributed by atoms with E-state index in [1.807, 2.05) is 37.4 Å². The predicted octanol–water partition coefficient (Wildman–Crippen LogP) is 1.72. The van der Waals surface area contributed by atoms with Crippen LogP contribution in [0.5, 0.6) is 0 Å². The average Bonchev–Trinajstić information content (AvgIpc) is 3.06. The number of hydrogen-bond acceptors (Lipinski definition) is 4. The first-order valence-electron chi connectivity index (χ1n) is 9.31. The number of rotatable bonds is 5. The van der Waals surface area contributed by atoms with Crippen molar-refractivity contribution in [3.63, 3.8) is 0 Å². The maximum Gasteiger partial charge on any atom is 0.230 e. The van der Waals surface area contributed by atoms with Crippen LogP contribution in [0.3, 0.4) is 0 Å². The largest absolute Gasteiger partial charge is 0.369 e. The van der Waals surface area contributed by atoms with E-state index in [2.05, 4.69) is 0 Å². The number of para-hydroxylation sites is 1. The minimum absolute atomic E-state index is 0.0111. The van der Waals surface area contributed by atoms with Gasteiger partial charge in [0.05, 0.1) is 18.8 Å². The third kappa shape index (κ3) is 4.36. The summed E-state index contributed by atoms with van der Waals surface area (Å²) in [5, 5.41) is 2.74. The van der Waals surface area contributed by atoms with Crippen molar-refractivity contribution >= 4 is 34.0 Å². The standard InChI is InChI=1S/C20H26N4O2S/c1-13-5-4-6-14(2)18(13)24(15(3)25)20-22-17(12-27-20)11-23-9-7-16(8-10-23)19(21)26/h4-6,12,16H,7-11H2,1-3H3,(H2,21,26)/p+1. The molecule has 6 nitrogen and oxygen atoms in total. The van der Waals surface area contributed by atoms with Crippen LogP contribution in [0.15, 0.2) is 23.6 Å². The molecule has 0 bridgehead atoms. The lowest BCUT2D eigenvalue weighted by Crippen LogP contribution is -3.11. The van der Waals surface area contributed by atoms with Crippen LogP contribution < -0.4 is 15.5 Å². The fraction of sp³-hybridized carbons (Fsp3) is 0.450. The summed E-state index contributed by atoms with van der Waals surface area (Å²) in [4.78, 5) is 31.6. The van der Waals surface area contributed by atoms with Crippen LogP contribution in [0.2, 0.25) is 0 Å². The zero-order chi connectivity index (χ0) is 19.6. The summed E-state index contributed by atoms with van der Waals surface area (Å²) < 4.78 is 0. The number of nitrogens with one attached hydrogen (secondary N) is 1. The van der Waals surface area contributed by atoms with Gasteiger partial charge in [-0.05, 0) is 25.0 Å². The number of nitrogens with two attached hydrogens (primary N) is 1. The highest BCUT2D eigenvalue weighted by Gasteiger charge is 2.27. The highest BCUT2D eigenvalue weighted by molar-refractivity contribution is 7.14. The average molecular weight is 388 g/mol. The number of hydrogen-bond donors (Lipinski definition) is 2. The Labute approximate surface area is 164 Å². The number of quaternary nitrogens is 1. The molecule has 3 N–H and O–H groups in total. The Morgan fingerprint density at radius 1 is 1.26 bits per heavy atom. The quantitative estimate of drug-likeness (QED) is 0.820. The molecule has 0 saturated carbocycles. The number of aryl methyl sites for hydroxylation is 2. The molecule has 0 unspecified atom stereocenters. The van der Waals surface area contributed by atoms with Gasteiger partial charge in [-0.2, -0.15) is 0 Å². The van der Waals surface area contributed by atoms with E-state index < -0.39 is 0 Å². The second-order valence-corrected chi connectivity index (χ2v) is 8.16. The summed E-state index contributed by atoms with van der Waals surface area (Å²) >= 11 is 1.50. The molecule has 2 heterocycles. The molecule has 27 heavy (non-hydrogen) atoms. The number of amides is 2. The van der Waals surface area contributed by atoms with Crippen molar-refractivity contribution in [1.29, 1.82) is 0 Å². The molecule has 0 radical (unpaired) electrons. The normalized spacial score (nSPS) is 19.7. The lowest BCUT2D eigenvalue weighted by Gasteiger charge is -2.27. The summed E-state index contributed by atoms with van der Waals surface area (Å²) in [6.45, 7) is 8.26. The molecule has 2 amide bonds. The molecule has 1 aromatic heterocycles. The molecule has 144 valence electrons. The van der Waals surface area contributed by atoms with Crippen molar-refractivity contribution in [2.45, 2.75) is 40.2 Å². The van der Waals surface area contributed by atoms with E-state index in [-0.39, 0.29) is 17.7 Å². The smallest absolute Gasteiger partial charge is 0.230 e. The van der Waals surface area contributed by atoms with Gasteiger partial charge in [0.25, 0.3) is 0 Å². The number of carbonyl (C=O) groups is 2. The fourth-order valence-corrected chi connectivity index (χ4v) is 4.64. The Morgan fingerprint density at radius 3 is 2.44 bits per heavy atom. The molecule has 1 aliphatic heterocycles. The van der Waals surface area contributed by atoms with Crippen molar-refractivity contribution in [2.24, 2.45) is 11.7 Å². The monoisotopic (exact) mass is 387 g/mol. The van der Waals surface area contributed by atoms with Crippen LogP contribution in [-0.2, 0) is 16.1 Å². The molecule has 1 saturated heterocycles. The minimum atomic E-state index is -0.185. The number of anilines is 2. The Morgan fingerprint density at radius 2 is 1.89 bits per heavy atom. The lowest BCUT2D eigenvalue weighted by atomic mass is 9.96. The molecule has 1 fully saturated rings. The maximum atomic E-state index is 12.4. The van der Waals surface area contributed by atoms with E-state index >= 15 is 0 Å². The first-order chi connectivity index (χ1) is 12.9. The topological polar surface area (TPSA) is 80.7 Å². The van der Waals surface area contributed by atoms with E-state index in [9.17, 15) is 9.59 Å². The zero-order valence-corrected chi connectivity index (χ0v) is 16.9. The molecule has 0 spiro atoms. The van der Waals surface area contributed by atoms with Gasteiger partial charge in [-0.15, -0.1) is 11.3 Å². The van der Waals surface area contributed by atoms with Gasteiger partial charge in [0.1, 0.15) is 12.2 Å². The molecule has 7 heteroatoms. The van der Waals surface area contributed by atoms with Gasteiger partial charge in [-0.3, -0.25) is 14.5 Å². The van der Waals surface area contributed by atoms with Gasteiger partial charge in [0.2, 0.25) is 11.8 Å². The van der Waals surface area contributed by atoms with Gasteiger partial charge < -0.3 is 10.6 Å². The van der Waals surface area contributed by atoms with Crippen molar-refractivity contribution in [3.05, 3.63) is 40.4 Å². The summed E-state index contributed by atoms with van der Waals surface area (Å²) in [6.07, 6.45) is 1.67. The van der Waals surface area contributed by atoms with Crippen LogP contribution in [0, 0.1) is 19.8 Å². The minimum Gasteiger partial charge on any atom is -0.369 e. The molecule has 0 aliphatic carbocycles. The number of likely N-dealkylation sites (tertiary alicyclic amines) is 1. The molecular formula is C20H27N4O2S+. The number of carbonyl (C=O) groups excluding carboxylic acids is 2. The van der Waals surface area contributed by atoms with Crippen LogP contribution >= 0.6 is 11.3 Å². The Balaban J connectivity index is 1.76. The van der Waals surface area contributed by atoms with Crippen molar-refractivity contribution < 1.29 is 14.5 Å². The molecular weight excluding hydrogens is 360 g/mol. The van der Waals surface area contributed by atoms with Gasteiger partial charge in [-0.1, -0.05) is 18.2 Å². The number of thiazole rings is 1. The summed E-state index contributed by atoms with van der Waals surface area (Å²) in [5.41, 5.74) is 9.43. The SMILES string of the molecule is CC(=O)N(c1nc(C[NH+]2CCC(C(N)=O)CC2)cs1)c1c(C)cccc1C. The van der Waals surface area contributed by atoms with E-state index in [1.54, 1.807) is 11.8 Å². The van der Waals surface area contributed by atoms with Crippen LogP contribution in [0.1, 0.15) is 36.6 Å². The summed E-state index contributed by atoms with van der Waals surface area (Å²) in [6, 6.07) is 6.03. The van der Waals surface area contributed by atoms with Crippen LogP contribution in [-0.4, -0.2) is 29.9 Å². The van der Waals surface area contributed by atoms with Gasteiger partial charge in [-0.25, -0.2) is 4.98 Å². The molecule has 1 aliphatic rings. The van der Waals surface area contributed by atoms with Crippen molar-refractivity contribution in [1.82, 2.24) is 4.98 Å². The zero-order valence-electron chi connectivity index (χ0n) is 16.1. The summed E-state index contributed by atoms with van der Waals surface area (Å²) in [5.74, 6) is -0.212. The third-order valence-electron chi connectivity index (χ3n) is 5.24. The number of nitrogens with zero attached hydrogens (tertiary/aromatic N) is 2. The third-order valence-corrected chi connectivity index (χ3v) is 6.11.